The van der Waals surface area contributed by atoms with Gasteiger partial charge in [0.15, 0.2) is 5.78 Å². The van der Waals surface area contributed by atoms with Gasteiger partial charge in [0.05, 0.1) is 6.10 Å². The number of rotatable bonds is 0. The Balaban J connectivity index is 1.70. The first-order valence-corrected chi connectivity index (χ1v) is 9.02. The number of hydrogen-bond acceptors (Lipinski definition) is 2. The number of allylic oxidation sites excluding steroid dienone is 2. The zero-order valence-electron chi connectivity index (χ0n) is 13.8. The first-order valence-electron chi connectivity index (χ1n) is 9.02. The summed E-state index contributed by atoms with van der Waals surface area (Å²) in [6, 6.07) is 0. The molecule has 3 fully saturated rings. The standard InChI is InChI=1S/C20H28O2/c1-11-9-15-13(10-17(11)21)8-12(2)19-14(15)6-7-20(3)16(19)4-5-18(20)22/h10,12,14-16,18-19,22H,1,4-9H2,2-3H3/t12?,14-,15+,16+,18+,19-,20+/m1/s1. The second-order valence-electron chi connectivity index (χ2n) is 8.66. The van der Waals surface area contributed by atoms with Gasteiger partial charge in [-0.3, -0.25) is 4.79 Å². The average Bonchev–Trinajstić information content (AvgIpc) is 2.77. The zero-order chi connectivity index (χ0) is 15.6. The minimum absolute atomic E-state index is 0.106. The molecule has 22 heavy (non-hydrogen) atoms. The molecule has 120 valence electrons. The third-order valence-corrected chi connectivity index (χ3v) is 7.67. The van der Waals surface area contributed by atoms with E-state index in [0.717, 1.165) is 37.2 Å². The number of aliphatic hydroxyl groups excluding tert-OH is 1. The highest BCUT2D eigenvalue weighted by Gasteiger charge is 2.57. The lowest BCUT2D eigenvalue weighted by Crippen LogP contribution is -2.50. The summed E-state index contributed by atoms with van der Waals surface area (Å²) in [5, 5.41) is 10.5. The van der Waals surface area contributed by atoms with Crippen LogP contribution in [0.25, 0.3) is 0 Å². The Kier molecular flexibility index (Phi) is 3.21. The number of carbonyl (C=O) groups is 1. The first-order chi connectivity index (χ1) is 10.4. The van der Waals surface area contributed by atoms with Crippen molar-refractivity contribution in [3.63, 3.8) is 0 Å². The van der Waals surface area contributed by atoms with Crippen LogP contribution in [-0.4, -0.2) is 17.0 Å². The van der Waals surface area contributed by atoms with E-state index < -0.39 is 0 Å². The molecule has 0 aromatic heterocycles. The molecule has 0 saturated heterocycles. The fourth-order valence-electron chi connectivity index (χ4n) is 6.50. The Morgan fingerprint density at radius 1 is 1.27 bits per heavy atom. The van der Waals surface area contributed by atoms with Crippen LogP contribution in [0.2, 0.25) is 0 Å². The van der Waals surface area contributed by atoms with Gasteiger partial charge in [-0.15, -0.1) is 0 Å². The van der Waals surface area contributed by atoms with Gasteiger partial charge in [-0.25, -0.2) is 0 Å². The molecule has 0 spiro atoms. The SMILES string of the molecule is C=C1C[C@H]2C(=CC1=O)CC(C)[C@@H]1[C@@H]2CC[C@]2(C)[C@@H](O)CC[C@@H]12. The van der Waals surface area contributed by atoms with Crippen LogP contribution in [0, 0.1) is 35.0 Å². The van der Waals surface area contributed by atoms with Gasteiger partial charge in [-0.05, 0) is 85.2 Å². The van der Waals surface area contributed by atoms with E-state index in [-0.39, 0.29) is 17.3 Å². The predicted octanol–water partition coefficient (Wildman–Crippen LogP) is 3.90. The van der Waals surface area contributed by atoms with Crippen LogP contribution in [0.4, 0.5) is 0 Å². The topological polar surface area (TPSA) is 37.3 Å². The second-order valence-corrected chi connectivity index (χ2v) is 8.66. The fourth-order valence-corrected chi connectivity index (χ4v) is 6.50. The summed E-state index contributed by atoms with van der Waals surface area (Å²) in [6.45, 7) is 8.70. The van der Waals surface area contributed by atoms with Crippen molar-refractivity contribution < 1.29 is 9.90 Å². The molecule has 3 saturated carbocycles. The lowest BCUT2D eigenvalue weighted by Gasteiger charge is -2.55. The van der Waals surface area contributed by atoms with Crippen molar-refractivity contribution in [3.8, 4) is 0 Å². The minimum Gasteiger partial charge on any atom is -0.393 e. The molecule has 0 bridgehead atoms. The average molecular weight is 300 g/mol. The molecule has 4 aliphatic carbocycles. The molecule has 4 rings (SSSR count). The molecule has 0 amide bonds. The molecular weight excluding hydrogens is 272 g/mol. The summed E-state index contributed by atoms with van der Waals surface area (Å²) in [6.07, 6.45) is 8.29. The molecule has 0 radical (unpaired) electrons. The van der Waals surface area contributed by atoms with Crippen LogP contribution in [-0.2, 0) is 4.79 Å². The van der Waals surface area contributed by atoms with Gasteiger partial charge >= 0.3 is 0 Å². The van der Waals surface area contributed by atoms with Gasteiger partial charge in [0.2, 0.25) is 0 Å². The van der Waals surface area contributed by atoms with Crippen molar-refractivity contribution in [2.24, 2.45) is 35.0 Å². The molecule has 4 aliphatic rings. The largest absolute Gasteiger partial charge is 0.393 e. The van der Waals surface area contributed by atoms with Crippen molar-refractivity contribution in [1.29, 1.82) is 0 Å². The number of aliphatic hydroxyl groups is 1. The normalized spacial score (nSPS) is 51.0. The molecule has 0 aromatic rings. The van der Waals surface area contributed by atoms with Crippen LogP contribution in [0.3, 0.4) is 0 Å². The van der Waals surface area contributed by atoms with Gasteiger partial charge in [0.1, 0.15) is 0 Å². The van der Waals surface area contributed by atoms with Crippen LogP contribution >= 0.6 is 0 Å². The fraction of sp³-hybridized carbons (Fsp3) is 0.750. The van der Waals surface area contributed by atoms with Crippen LogP contribution < -0.4 is 0 Å². The summed E-state index contributed by atoms with van der Waals surface area (Å²) >= 11 is 0. The van der Waals surface area contributed by atoms with Gasteiger partial charge in [0, 0.05) is 0 Å². The molecule has 2 nitrogen and oxygen atoms in total. The Morgan fingerprint density at radius 3 is 2.82 bits per heavy atom. The van der Waals surface area contributed by atoms with E-state index in [9.17, 15) is 9.90 Å². The third-order valence-electron chi connectivity index (χ3n) is 7.67. The Hall–Kier alpha value is -0.890. The number of ketones is 1. The van der Waals surface area contributed by atoms with Crippen LogP contribution in [0.5, 0.6) is 0 Å². The zero-order valence-corrected chi connectivity index (χ0v) is 13.8. The molecule has 7 atom stereocenters. The van der Waals surface area contributed by atoms with Gasteiger partial charge in [-0.1, -0.05) is 26.0 Å². The lowest BCUT2D eigenvalue weighted by molar-refractivity contribution is -0.112. The van der Waals surface area contributed by atoms with Crippen LogP contribution in [0.15, 0.2) is 23.8 Å². The highest BCUT2D eigenvalue weighted by atomic mass is 16.3. The van der Waals surface area contributed by atoms with Gasteiger partial charge < -0.3 is 5.11 Å². The maximum atomic E-state index is 12.0. The molecule has 0 aliphatic heterocycles. The van der Waals surface area contributed by atoms with E-state index in [0.29, 0.717) is 23.7 Å². The maximum Gasteiger partial charge on any atom is 0.181 e. The van der Waals surface area contributed by atoms with E-state index in [1.54, 1.807) is 0 Å². The van der Waals surface area contributed by atoms with E-state index in [1.807, 2.05) is 6.08 Å². The first kappa shape index (κ1) is 14.7. The summed E-state index contributed by atoms with van der Waals surface area (Å²) < 4.78 is 0. The summed E-state index contributed by atoms with van der Waals surface area (Å²) in [5.41, 5.74) is 2.34. The van der Waals surface area contributed by atoms with E-state index in [2.05, 4.69) is 20.4 Å². The Morgan fingerprint density at radius 2 is 2.05 bits per heavy atom. The molecular formula is C20H28O2. The molecule has 1 N–H and O–H groups in total. The lowest BCUT2D eigenvalue weighted by atomic mass is 9.49. The van der Waals surface area contributed by atoms with E-state index in [4.69, 9.17) is 0 Å². The highest BCUT2D eigenvalue weighted by molar-refractivity contribution is 6.05. The molecule has 1 unspecified atom stereocenters. The van der Waals surface area contributed by atoms with Gasteiger partial charge in [0.25, 0.3) is 0 Å². The summed E-state index contributed by atoms with van der Waals surface area (Å²) in [5.74, 6) is 3.44. The quantitative estimate of drug-likeness (QED) is 0.689. The maximum absolute atomic E-state index is 12.0. The Bertz CT molecular complexity index is 560. The van der Waals surface area contributed by atoms with Crippen molar-refractivity contribution in [1.82, 2.24) is 0 Å². The highest BCUT2D eigenvalue weighted by Crippen LogP contribution is 2.63. The van der Waals surface area contributed by atoms with Crippen LogP contribution in [0.1, 0.15) is 52.4 Å². The Labute approximate surface area is 133 Å². The molecule has 0 heterocycles. The van der Waals surface area contributed by atoms with E-state index >= 15 is 0 Å². The second kappa shape index (κ2) is 4.80. The van der Waals surface area contributed by atoms with E-state index in [1.165, 1.54) is 18.4 Å². The summed E-state index contributed by atoms with van der Waals surface area (Å²) in [7, 11) is 0. The minimum atomic E-state index is -0.106. The third kappa shape index (κ3) is 1.86. The number of hydrogen-bond donors (Lipinski definition) is 1. The van der Waals surface area contributed by atoms with Crippen molar-refractivity contribution >= 4 is 5.78 Å². The van der Waals surface area contributed by atoms with Crippen molar-refractivity contribution in [2.45, 2.75) is 58.5 Å². The number of carbonyl (C=O) groups excluding carboxylic acids is 1. The predicted molar refractivity (Wildman–Crippen MR) is 87.2 cm³/mol. The molecule has 0 aromatic carbocycles. The number of fused-ring (bicyclic) bond motifs is 5. The van der Waals surface area contributed by atoms with Crippen molar-refractivity contribution in [2.75, 3.05) is 0 Å². The monoisotopic (exact) mass is 300 g/mol. The smallest absolute Gasteiger partial charge is 0.181 e. The molecule has 2 heteroatoms. The van der Waals surface area contributed by atoms with Gasteiger partial charge in [-0.2, -0.15) is 0 Å². The van der Waals surface area contributed by atoms with Crippen molar-refractivity contribution in [3.05, 3.63) is 23.8 Å². The summed E-state index contributed by atoms with van der Waals surface area (Å²) in [4.78, 5) is 12.0.